The van der Waals surface area contributed by atoms with Gasteiger partial charge in [0.05, 0.1) is 6.20 Å². The quantitative estimate of drug-likeness (QED) is 0.881. The maximum absolute atomic E-state index is 13.3. The number of benzene rings is 1. The van der Waals surface area contributed by atoms with Crippen molar-refractivity contribution in [1.29, 1.82) is 0 Å². The van der Waals surface area contributed by atoms with Crippen LogP contribution in [0, 0.1) is 5.82 Å². The van der Waals surface area contributed by atoms with Crippen LogP contribution >= 0.6 is 11.6 Å². The minimum Gasteiger partial charge on any atom is -0.368 e. The summed E-state index contributed by atoms with van der Waals surface area (Å²) in [5.41, 5.74) is 5.96. The molecular formula is C11H10ClFN4. The van der Waals surface area contributed by atoms with Crippen molar-refractivity contribution in [3.63, 3.8) is 0 Å². The van der Waals surface area contributed by atoms with Gasteiger partial charge in [-0.05, 0) is 6.07 Å². The molecule has 0 amide bonds. The normalized spacial score (nSPS) is 10.2. The second kappa shape index (κ2) is 4.97. The van der Waals surface area contributed by atoms with Crippen LogP contribution in [0.5, 0.6) is 0 Å². The van der Waals surface area contributed by atoms with E-state index in [4.69, 9.17) is 17.3 Å². The fraction of sp³-hybridized carbons (Fsp3) is 0.0909. The van der Waals surface area contributed by atoms with Crippen molar-refractivity contribution in [3.8, 4) is 0 Å². The molecule has 2 rings (SSSR count). The van der Waals surface area contributed by atoms with Gasteiger partial charge in [-0.3, -0.25) is 0 Å². The largest absolute Gasteiger partial charge is 0.368 e. The summed E-state index contributed by atoms with van der Waals surface area (Å²) in [6, 6.07) is 6.47. The van der Waals surface area contributed by atoms with Crippen molar-refractivity contribution in [2.24, 2.45) is 0 Å². The predicted molar refractivity (Wildman–Crippen MR) is 65.2 cm³/mol. The molecule has 2 aromatic rings. The van der Waals surface area contributed by atoms with E-state index in [1.165, 1.54) is 12.3 Å². The van der Waals surface area contributed by atoms with Crippen molar-refractivity contribution >= 4 is 23.4 Å². The zero-order valence-electron chi connectivity index (χ0n) is 8.82. The van der Waals surface area contributed by atoms with Gasteiger partial charge in [0.25, 0.3) is 0 Å². The summed E-state index contributed by atoms with van der Waals surface area (Å²) < 4.78 is 13.3. The molecule has 0 aliphatic carbocycles. The van der Waals surface area contributed by atoms with Crippen LogP contribution in [-0.2, 0) is 6.54 Å². The summed E-state index contributed by atoms with van der Waals surface area (Å²) in [6.07, 6.45) is 1.40. The number of rotatable bonds is 3. The van der Waals surface area contributed by atoms with Crippen LogP contribution in [0.25, 0.3) is 0 Å². The maximum atomic E-state index is 13.3. The van der Waals surface area contributed by atoms with Gasteiger partial charge in [0.15, 0.2) is 5.82 Å². The van der Waals surface area contributed by atoms with Gasteiger partial charge in [0, 0.05) is 12.1 Å². The van der Waals surface area contributed by atoms with Gasteiger partial charge in [-0.2, -0.15) is 4.98 Å². The first-order valence-corrected chi connectivity index (χ1v) is 5.30. The van der Waals surface area contributed by atoms with Gasteiger partial charge >= 0.3 is 0 Å². The Bertz CT molecular complexity index is 533. The Morgan fingerprint density at radius 1 is 1.35 bits per heavy atom. The topological polar surface area (TPSA) is 63.8 Å². The van der Waals surface area contributed by atoms with E-state index in [1.807, 2.05) is 0 Å². The monoisotopic (exact) mass is 252 g/mol. The molecule has 3 N–H and O–H groups in total. The Labute approximate surface area is 103 Å². The fourth-order valence-electron chi connectivity index (χ4n) is 1.33. The highest BCUT2D eigenvalue weighted by Crippen LogP contribution is 2.19. The van der Waals surface area contributed by atoms with Crippen LogP contribution in [0.1, 0.15) is 5.56 Å². The molecule has 0 spiro atoms. The summed E-state index contributed by atoms with van der Waals surface area (Å²) in [7, 11) is 0. The highest BCUT2D eigenvalue weighted by atomic mass is 35.5. The summed E-state index contributed by atoms with van der Waals surface area (Å²) in [4.78, 5) is 7.65. The highest BCUT2D eigenvalue weighted by molar-refractivity contribution is 6.32. The van der Waals surface area contributed by atoms with Crippen molar-refractivity contribution in [1.82, 2.24) is 9.97 Å². The molecule has 1 aromatic carbocycles. The number of anilines is 2. The summed E-state index contributed by atoms with van der Waals surface area (Å²) >= 11 is 5.87. The Morgan fingerprint density at radius 3 is 2.88 bits per heavy atom. The number of nitrogen functional groups attached to an aromatic ring is 1. The van der Waals surface area contributed by atoms with E-state index in [0.717, 1.165) is 0 Å². The Hall–Kier alpha value is -1.88. The van der Waals surface area contributed by atoms with Crippen molar-refractivity contribution in [2.45, 2.75) is 6.54 Å². The molecule has 0 aliphatic heterocycles. The molecule has 0 unspecified atom stereocenters. The summed E-state index contributed by atoms with van der Waals surface area (Å²) in [5.74, 6) is 0.228. The van der Waals surface area contributed by atoms with Crippen molar-refractivity contribution in [3.05, 3.63) is 46.9 Å². The third-order valence-electron chi connectivity index (χ3n) is 2.17. The molecule has 4 nitrogen and oxygen atoms in total. The molecule has 0 atom stereocenters. The number of aromatic nitrogens is 2. The molecule has 88 valence electrons. The van der Waals surface area contributed by atoms with Gasteiger partial charge in [-0.25, -0.2) is 9.37 Å². The highest BCUT2D eigenvalue weighted by Gasteiger charge is 2.05. The summed E-state index contributed by atoms with van der Waals surface area (Å²) in [5, 5.41) is 3.25. The van der Waals surface area contributed by atoms with E-state index in [9.17, 15) is 4.39 Å². The molecule has 0 saturated heterocycles. The van der Waals surface area contributed by atoms with E-state index in [-0.39, 0.29) is 18.3 Å². The Morgan fingerprint density at radius 2 is 2.12 bits per heavy atom. The van der Waals surface area contributed by atoms with E-state index in [2.05, 4.69) is 15.3 Å². The molecule has 0 saturated carbocycles. The van der Waals surface area contributed by atoms with Crippen molar-refractivity contribution in [2.75, 3.05) is 11.1 Å². The van der Waals surface area contributed by atoms with Crippen LogP contribution < -0.4 is 11.1 Å². The van der Waals surface area contributed by atoms with Gasteiger partial charge in [-0.15, -0.1) is 0 Å². The number of hydrogen-bond acceptors (Lipinski definition) is 4. The van der Waals surface area contributed by atoms with E-state index in [1.54, 1.807) is 18.2 Å². The molecule has 1 aromatic heterocycles. The predicted octanol–water partition coefficient (Wildman–Crippen LogP) is 2.46. The van der Waals surface area contributed by atoms with Crippen LogP contribution in [0.3, 0.4) is 0 Å². The lowest BCUT2D eigenvalue weighted by atomic mass is 10.2. The lowest BCUT2D eigenvalue weighted by Crippen LogP contribution is -2.06. The second-order valence-corrected chi connectivity index (χ2v) is 3.78. The van der Waals surface area contributed by atoms with Gasteiger partial charge < -0.3 is 11.1 Å². The molecule has 6 heteroatoms. The molecule has 0 radical (unpaired) electrons. The zero-order valence-corrected chi connectivity index (χ0v) is 9.58. The second-order valence-electron chi connectivity index (χ2n) is 3.37. The van der Waals surface area contributed by atoms with Crippen molar-refractivity contribution < 1.29 is 4.39 Å². The first-order chi connectivity index (χ1) is 8.16. The van der Waals surface area contributed by atoms with E-state index >= 15 is 0 Å². The third kappa shape index (κ3) is 2.82. The summed E-state index contributed by atoms with van der Waals surface area (Å²) in [6.45, 7) is 0.281. The average molecular weight is 253 g/mol. The number of nitrogens with one attached hydrogen (secondary N) is 1. The fourth-order valence-corrected chi connectivity index (χ4v) is 1.48. The molecule has 17 heavy (non-hydrogen) atoms. The van der Waals surface area contributed by atoms with Crippen LogP contribution in [0.2, 0.25) is 5.02 Å². The van der Waals surface area contributed by atoms with E-state index < -0.39 is 0 Å². The first-order valence-electron chi connectivity index (χ1n) is 4.92. The number of nitrogens with zero attached hydrogens (tertiary/aromatic N) is 2. The third-order valence-corrected chi connectivity index (χ3v) is 2.44. The molecule has 0 fully saturated rings. The lowest BCUT2D eigenvalue weighted by Gasteiger charge is -2.08. The standard InChI is InChI=1S/C11H10ClFN4/c12-8-6-16-11(14)17-10(8)15-5-7-3-1-2-4-9(7)13/h1-4,6H,5H2,(H3,14,15,16,17). The van der Waals surface area contributed by atoms with Gasteiger partial charge in [0.1, 0.15) is 10.8 Å². The lowest BCUT2D eigenvalue weighted by molar-refractivity contribution is 0.613. The molecule has 0 aliphatic rings. The van der Waals surface area contributed by atoms with E-state index in [0.29, 0.717) is 16.4 Å². The average Bonchev–Trinajstić information content (AvgIpc) is 2.32. The number of halogens is 2. The van der Waals surface area contributed by atoms with Crippen LogP contribution in [-0.4, -0.2) is 9.97 Å². The minimum absolute atomic E-state index is 0.116. The number of nitrogens with two attached hydrogens (primary N) is 1. The van der Waals surface area contributed by atoms with Gasteiger partial charge in [0.2, 0.25) is 5.95 Å². The van der Waals surface area contributed by atoms with Gasteiger partial charge in [-0.1, -0.05) is 29.8 Å². The number of hydrogen-bond donors (Lipinski definition) is 2. The minimum atomic E-state index is -0.279. The molecule has 0 bridgehead atoms. The SMILES string of the molecule is Nc1ncc(Cl)c(NCc2ccccc2F)n1. The maximum Gasteiger partial charge on any atom is 0.222 e. The zero-order chi connectivity index (χ0) is 12.3. The Kier molecular flexibility index (Phi) is 3.39. The van der Waals surface area contributed by atoms with Crippen LogP contribution in [0.4, 0.5) is 16.2 Å². The van der Waals surface area contributed by atoms with Crippen LogP contribution in [0.15, 0.2) is 30.5 Å². The Balaban J connectivity index is 2.12. The molecular weight excluding hydrogens is 243 g/mol. The molecule has 1 heterocycles. The smallest absolute Gasteiger partial charge is 0.222 e. The first kappa shape index (κ1) is 11.6.